The van der Waals surface area contributed by atoms with Crippen LogP contribution in [0.4, 0.5) is 24.5 Å². The van der Waals surface area contributed by atoms with E-state index in [0.717, 1.165) is 19.1 Å². The molecule has 0 fully saturated rings. The van der Waals surface area contributed by atoms with Gasteiger partial charge in [0.2, 0.25) is 0 Å². The first kappa shape index (κ1) is 11.4. The van der Waals surface area contributed by atoms with Crippen LogP contribution in [0.2, 0.25) is 0 Å². The number of hydrogen-bond acceptors (Lipinski definition) is 3. The molecule has 0 amide bonds. The van der Waals surface area contributed by atoms with E-state index < -0.39 is 23.2 Å². The van der Waals surface area contributed by atoms with Gasteiger partial charge < -0.3 is 11.5 Å². The lowest BCUT2D eigenvalue weighted by atomic mass is 10.0. The van der Waals surface area contributed by atoms with E-state index in [1.807, 2.05) is 0 Å². The average Bonchev–Trinajstić information content (AvgIpc) is 2.00. The molecule has 0 radical (unpaired) electrons. The van der Waals surface area contributed by atoms with Crippen LogP contribution in [0.25, 0.3) is 0 Å². The summed E-state index contributed by atoms with van der Waals surface area (Å²) in [5, 5.41) is 0. The predicted molar refractivity (Wildman–Crippen MR) is 50.3 cm³/mol. The van der Waals surface area contributed by atoms with Crippen LogP contribution in [-0.2, 0) is 6.18 Å². The van der Waals surface area contributed by atoms with Crippen molar-refractivity contribution in [2.24, 2.45) is 0 Å². The number of Topliss-reactive ketones (excluding diaryl/α,β-unsaturated/α-hetero) is 1. The topological polar surface area (TPSA) is 69.1 Å². The highest BCUT2D eigenvalue weighted by molar-refractivity contribution is 6.04. The summed E-state index contributed by atoms with van der Waals surface area (Å²) in [4.78, 5) is 11.0. The van der Waals surface area contributed by atoms with Crippen LogP contribution in [0.1, 0.15) is 22.8 Å². The summed E-state index contributed by atoms with van der Waals surface area (Å²) in [5.74, 6) is -0.587. The van der Waals surface area contributed by atoms with Crippen LogP contribution in [-0.4, -0.2) is 5.78 Å². The Morgan fingerprint density at radius 2 is 1.80 bits per heavy atom. The van der Waals surface area contributed by atoms with E-state index in [1.54, 1.807) is 0 Å². The molecule has 82 valence electrons. The SMILES string of the molecule is CC(=O)c1c(N)ccc(C(F)(F)F)c1N. The second kappa shape index (κ2) is 3.45. The van der Waals surface area contributed by atoms with Gasteiger partial charge in [-0.05, 0) is 19.1 Å². The average molecular weight is 218 g/mol. The van der Waals surface area contributed by atoms with Crippen LogP contribution in [0, 0.1) is 0 Å². The number of anilines is 2. The van der Waals surface area contributed by atoms with Gasteiger partial charge in [-0.25, -0.2) is 0 Å². The number of ketones is 1. The Balaban J connectivity index is 3.49. The zero-order valence-electron chi connectivity index (χ0n) is 7.85. The fourth-order valence-electron chi connectivity index (χ4n) is 1.28. The van der Waals surface area contributed by atoms with Crippen molar-refractivity contribution in [3.63, 3.8) is 0 Å². The van der Waals surface area contributed by atoms with Gasteiger partial charge in [-0.1, -0.05) is 0 Å². The molecule has 0 unspecified atom stereocenters. The minimum Gasteiger partial charge on any atom is -0.398 e. The highest BCUT2D eigenvalue weighted by atomic mass is 19.4. The summed E-state index contributed by atoms with van der Waals surface area (Å²) in [7, 11) is 0. The summed E-state index contributed by atoms with van der Waals surface area (Å²) in [6.07, 6.45) is -4.58. The Hall–Kier alpha value is -1.72. The molecule has 0 saturated carbocycles. The van der Waals surface area contributed by atoms with E-state index in [0.29, 0.717) is 0 Å². The molecule has 0 aliphatic carbocycles. The van der Waals surface area contributed by atoms with Gasteiger partial charge in [0.15, 0.2) is 5.78 Å². The zero-order valence-corrected chi connectivity index (χ0v) is 7.85. The highest BCUT2D eigenvalue weighted by Crippen LogP contribution is 2.36. The van der Waals surface area contributed by atoms with Gasteiger partial charge in [0, 0.05) is 5.69 Å². The van der Waals surface area contributed by atoms with Gasteiger partial charge in [0.05, 0.1) is 16.8 Å². The van der Waals surface area contributed by atoms with E-state index in [4.69, 9.17) is 11.5 Å². The quantitative estimate of drug-likeness (QED) is 0.560. The number of halogens is 3. The van der Waals surface area contributed by atoms with Crippen molar-refractivity contribution in [3.8, 4) is 0 Å². The van der Waals surface area contributed by atoms with Crippen molar-refractivity contribution in [1.82, 2.24) is 0 Å². The first-order valence-electron chi connectivity index (χ1n) is 4.01. The maximum atomic E-state index is 12.4. The number of hydrogen-bond donors (Lipinski definition) is 2. The smallest absolute Gasteiger partial charge is 0.398 e. The number of alkyl halides is 3. The van der Waals surface area contributed by atoms with Gasteiger partial charge in [-0.2, -0.15) is 13.2 Å². The van der Waals surface area contributed by atoms with Crippen molar-refractivity contribution in [2.75, 3.05) is 11.5 Å². The second-order valence-corrected chi connectivity index (χ2v) is 3.04. The lowest BCUT2D eigenvalue weighted by Crippen LogP contribution is -2.14. The molecule has 6 heteroatoms. The second-order valence-electron chi connectivity index (χ2n) is 3.04. The minimum absolute atomic E-state index is 0.0481. The Labute approximate surface area is 83.9 Å². The molecule has 4 N–H and O–H groups in total. The Morgan fingerprint density at radius 3 is 2.20 bits per heavy atom. The molecule has 1 aromatic rings. The number of carbonyl (C=O) groups is 1. The molecule has 0 aromatic heterocycles. The van der Waals surface area contributed by atoms with Crippen molar-refractivity contribution in [1.29, 1.82) is 0 Å². The van der Waals surface area contributed by atoms with Gasteiger partial charge in [0.1, 0.15) is 0 Å². The van der Waals surface area contributed by atoms with Crippen molar-refractivity contribution in [3.05, 3.63) is 23.3 Å². The third-order valence-corrected chi connectivity index (χ3v) is 1.94. The molecule has 0 saturated heterocycles. The number of rotatable bonds is 1. The molecule has 0 aliphatic heterocycles. The number of nitrogen functional groups attached to an aromatic ring is 2. The molecular weight excluding hydrogens is 209 g/mol. The molecule has 3 nitrogen and oxygen atoms in total. The van der Waals surface area contributed by atoms with Crippen molar-refractivity contribution < 1.29 is 18.0 Å². The van der Waals surface area contributed by atoms with Crippen LogP contribution in [0.15, 0.2) is 12.1 Å². The monoisotopic (exact) mass is 218 g/mol. The molecule has 0 bridgehead atoms. The minimum atomic E-state index is -4.58. The first-order valence-corrected chi connectivity index (χ1v) is 4.01. The Bertz CT molecular complexity index is 413. The van der Waals surface area contributed by atoms with E-state index in [1.165, 1.54) is 0 Å². The maximum Gasteiger partial charge on any atom is 0.418 e. The lowest BCUT2D eigenvalue weighted by Gasteiger charge is -2.13. The van der Waals surface area contributed by atoms with Gasteiger partial charge >= 0.3 is 6.18 Å². The predicted octanol–water partition coefficient (Wildman–Crippen LogP) is 2.07. The van der Waals surface area contributed by atoms with Gasteiger partial charge in [-0.3, -0.25) is 4.79 Å². The number of nitrogens with two attached hydrogens (primary N) is 2. The molecule has 15 heavy (non-hydrogen) atoms. The third kappa shape index (κ3) is 2.03. The lowest BCUT2D eigenvalue weighted by molar-refractivity contribution is -0.136. The van der Waals surface area contributed by atoms with Crippen molar-refractivity contribution in [2.45, 2.75) is 13.1 Å². The van der Waals surface area contributed by atoms with Crippen molar-refractivity contribution >= 4 is 17.2 Å². The van der Waals surface area contributed by atoms with E-state index in [2.05, 4.69) is 0 Å². The number of carbonyl (C=O) groups excluding carboxylic acids is 1. The molecular formula is C9H9F3N2O. The zero-order chi connectivity index (χ0) is 11.8. The molecule has 0 spiro atoms. The van der Waals surface area contributed by atoms with Gasteiger partial charge in [-0.15, -0.1) is 0 Å². The summed E-state index contributed by atoms with van der Waals surface area (Å²) in [6.45, 7) is 1.11. The fraction of sp³-hybridized carbons (Fsp3) is 0.222. The van der Waals surface area contributed by atoms with Crippen LogP contribution in [0.5, 0.6) is 0 Å². The first-order chi connectivity index (χ1) is 6.75. The molecule has 0 aliphatic rings. The largest absolute Gasteiger partial charge is 0.418 e. The Kier molecular flexibility index (Phi) is 2.61. The van der Waals surface area contributed by atoms with Crippen LogP contribution in [0.3, 0.4) is 0 Å². The van der Waals surface area contributed by atoms with Gasteiger partial charge in [0.25, 0.3) is 0 Å². The van der Waals surface area contributed by atoms with Crippen LogP contribution < -0.4 is 11.5 Å². The summed E-state index contributed by atoms with van der Waals surface area (Å²) in [6, 6.07) is 1.78. The summed E-state index contributed by atoms with van der Waals surface area (Å²) < 4.78 is 37.2. The molecule has 1 rings (SSSR count). The van der Waals surface area contributed by atoms with E-state index in [-0.39, 0.29) is 11.3 Å². The summed E-state index contributed by atoms with van der Waals surface area (Å²) in [5.41, 5.74) is 8.64. The molecule has 1 aromatic carbocycles. The highest BCUT2D eigenvalue weighted by Gasteiger charge is 2.34. The maximum absolute atomic E-state index is 12.4. The van der Waals surface area contributed by atoms with E-state index in [9.17, 15) is 18.0 Å². The normalized spacial score (nSPS) is 11.5. The fourth-order valence-corrected chi connectivity index (χ4v) is 1.28. The Morgan fingerprint density at radius 1 is 1.27 bits per heavy atom. The molecule has 0 heterocycles. The standard InChI is InChI=1S/C9H9F3N2O/c1-4(15)7-6(13)3-2-5(8(7)14)9(10,11)12/h2-3H,13-14H2,1H3. The summed E-state index contributed by atoms with van der Waals surface area (Å²) >= 11 is 0. The van der Waals surface area contributed by atoms with Crippen LogP contribution >= 0.6 is 0 Å². The number of benzene rings is 1. The third-order valence-electron chi connectivity index (χ3n) is 1.94. The molecule has 0 atom stereocenters. The van der Waals surface area contributed by atoms with E-state index >= 15 is 0 Å².